The van der Waals surface area contributed by atoms with Gasteiger partial charge in [0.05, 0.1) is 12.2 Å². The van der Waals surface area contributed by atoms with Crippen LogP contribution in [0.3, 0.4) is 0 Å². The van der Waals surface area contributed by atoms with Crippen LogP contribution in [0.4, 0.5) is 22.0 Å². The lowest BCUT2D eigenvalue weighted by Crippen LogP contribution is -2.51. The zero-order chi connectivity index (χ0) is 13.6. The van der Waals surface area contributed by atoms with Gasteiger partial charge in [-0.25, -0.2) is 8.78 Å². The molecule has 1 fully saturated rings. The number of hydrogen-bond acceptors (Lipinski definition) is 1. The second-order valence-corrected chi connectivity index (χ2v) is 4.73. The van der Waals surface area contributed by atoms with E-state index < -0.39 is 42.5 Å². The first kappa shape index (κ1) is 13.3. The van der Waals surface area contributed by atoms with Gasteiger partial charge in [-0.2, -0.15) is 13.2 Å². The van der Waals surface area contributed by atoms with Gasteiger partial charge in [0.1, 0.15) is 0 Å². The van der Waals surface area contributed by atoms with Crippen molar-refractivity contribution in [1.29, 1.82) is 0 Å². The van der Waals surface area contributed by atoms with E-state index >= 15 is 0 Å². The van der Waals surface area contributed by atoms with Crippen molar-refractivity contribution in [2.75, 3.05) is 6.61 Å². The fourth-order valence-corrected chi connectivity index (χ4v) is 2.37. The van der Waals surface area contributed by atoms with Gasteiger partial charge in [0.15, 0.2) is 0 Å². The van der Waals surface area contributed by atoms with Crippen LogP contribution < -0.4 is 0 Å². The molecule has 1 nitrogen and oxygen atoms in total. The molecule has 0 aromatic heterocycles. The second kappa shape index (κ2) is 3.91. The highest BCUT2D eigenvalue weighted by Crippen LogP contribution is 2.53. The maximum atomic E-state index is 12.9. The molecule has 0 atom stereocenters. The van der Waals surface area contributed by atoms with E-state index in [4.69, 9.17) is 0 Å². The fraction of sp³-hybridized carbons (Fsp3) is 0.500. The van der Waals surface area contributed by atoms with Gasteiger partial charge in [-0.05, 0) is 11.6 Å². The molecule has 0 bridgehead atoms. The Balaban J connectivity index is 2.34. The molecule has 0 heterocycles. The molecule has 100 valence electrons. The van der Waals surface area contributed by atoms with Gasteiger partial charge in [0.2, 0.25) is 5.92 Å². The molecule has 1 N–H and O–H groups in total. The van der Waals surface area contributed by atoms with Crippen LogP contribution in [0.5, 0.6) is 0 Å². The Morgan fingerprint density at radius 2 is 1.78 bits per heavy atom. The van der Waals surface area contributed by atoms with E-state index in [9.17, 15) is 27.1 Å². The molecule has 2 rings (SSSR count). The molecule has 0 amide bonds. The Labute approximate surface area is 100 Å². The van der Waals surface area contributed by atoms with Crippen molar-refractivity contribution in [1.82, 2.24) is 0 Å². The highest BCUT2D eigenvalue weighted by atomic mass is 19.4. The Kier molecular flexibility index (Phi) is 2.88. The summed E-state index contributed by atoms with van der Waals surface area (Å²) in [5.74, 6) is -2.91. The number of hydrogen-bond donors (Lipinski definition) is 1. The van der Waals surface area contributed by atoms with Gasteiger partial charge < -0.3 is 5.11 Å². The minimum absolute atomic E-state index is 0.116. The van der Waals surface area contributed by atoms with E-state index in [1.54, 1.807) is 0 Å². The van der Waals surface area contributed by atoms with Crippen molar-refractivity contribution in [2.24, 2.45) is 0 Å². The minimum Gasteiger partial charge on any atom is -0.395 e. The first-order chi connectivity index (χ1) is 8.19. The molecule has 0 radical (unpaired) electrons. The average Bonchev–Trinajstić information content (AvgIpc) is 2.24. The van der Waals surface area contributed by atoms with E-state index in [1.165, 1.54) is 12.1 Å². The van der Waals surface area contributed by atoms with Gasteiger partial charge in [0, 0.05) is 18.3 Å². The number of benzene rings is 1. The zero-order valence-corrected chi connectivity index (χ0v) is 9.27. The standard InChI is InChI=1S/C12H11F5O/c13-11(14)5-10(6-11,7-18)8-2-1-3-9(4-8)12(15,16)17/h1-4,18H,5-7H2. The lowest BCUT2D eigenvalue weighted by atomic mass is 9.62. The predicted octanol–water partition coefficient (Wildman–Crippen LogP) is 3.36. The summed E-state index contributed by atoms with van der Waals surface area (Å²) in [4.78, 5) is 0. The van der Waals surface area contributed by atoms with Crippen molar-refractivity contribution in [2.45, 2.75) is 30.4 Å². The monoisotopic (exact) mass is 266 g/mol. The SMILES string of the molecule is OCC1(c2cccc(C(F)(F)F)c2)CC(F)(F)C1. The lowest BCUT2D eigenvalue weighted by Gasteiger charge is -2.46. The first-order valence-electron chi connectivity index (χ1n) is 5.35. The number of rotatable bonds is 2. The molecule has 1 saturated carbocycles. The third-order valence-corrected chi connectivity index (χ3v) is 3.30. The smallest absolute Gasteiger partial charge is 0.395 e. The molecule has 1 aromatic rings. The van der Waals surface area contributed by atoms with Gasteiger partial charge in [0.25, 0.3) is 0 Å². The van der Waals surface area contributed by atoms with E-state index in [-0.39, 0.29) is 5.56 Å². The molecule has 0 spiro atoms. The third-order valence-electron chi connectivity index (χ3n) is 3.30. The highest BCUT2D eigenvalue weighted by molar-refractivity contribution is 5.35. The Morgan fingerprint density at radius 3 is 2.22 bits per heavy atom. The van der Waals surface area contributed by atoms with E-state index in [1.807, 2.05) is 0 Å². The summed E-state index contributed by atoms with van der Waals surface area (Å²) in [6, 6.07) is 4.24. The molecule has 18 heavy (non-hydrogen) atoms. The van der Waals surface area contributed by atoms with Crippen molar-refractivity contribution >= 4 is 0 Å². The predicted molar refractivity (Wildman–Crippen MR) is 54.4 cm³/mol. The quantitative estimate of drug-likeness (QED) is 0.814. The fourth-order valence-electron chi connectivity index (χ4n) is 2.37. The molecular formula is C12H11F5O. The molecule has 0 aliphatic heterocycles. The van der Waals surface area contributed by atoms with E-state index in [0.717, 1.165) is 12.1 Å². The highest BCUT2D eigenvalue weighted by Gasteiger charge is 2.57. The molecule has 0 saturated heterocycles. The van der Waals surface area contributed by atoms with Gasteiger partial charge in [-0.15, -0.1) is 0 Å². The first-order valence-corrected chi connectivity index (χ1v) is 5.35. The number of aliphatic hydroxyl groups is 1. The summed E-state index contributed by atoms with van der Waals surface area (Å²) in [5, 5.41) is 9.20. The zero-order valence-electron chi connectivity index (χ0n) is 9.27. The molecule has 0 unspecified atom stereocenters. The molecule has 1 aliphatic rings. The topological polar surface area (TPSA) is 20.2 Å². The largest absolute Gasteiger partial charge is 0.416 e. The Hall–Kier alpha value is -1.17. The van der Waals surface area contributed by atoms with Crippen molar-refractivity contribution in [3.8, 4) is 0 Å². The van der Waals surface area contributed by atoms with Crippen molar-refractivity contribution in [3.05, 3.63) is 35.4 Å². The molecule has 1 aliphatic carbocycles. The van der Waals surface area contributed by atoms with E-state index in [2.05, 4.69) is 0 Å². The van der Waals surface area contributed by atoms with Crippen LogP contribution in [0.1, 0.15) is 24.0 Å². The van der Waals surface area contributed by atoms with Crippen LogP contribution in [0, 0.1) is 0 Å². The average molecular weight is 266 g/mol. The summed E-state index contributed by atoms with van der Waals surface area (Å²) < 4.78 is 63.4. The normalized spacial score (nSPS) is 21.4. The lowest BCUT2D eigenvalue weighted by molar-refractivity contribution is -0.142. The van der Waals surface area contributed by atoms with Gasteiger partial charge in [-0.1, -0.05) is 18.2 Å². The molecule has 1 aromatic carbocycles. The van der Waals surface area contributed by atoms with Crippen LogP contribution in [0.2, 0.25) is 0 Å². The Bertz CT molecular complexity index is 444. The minimum atomic E-state index is -4.51. The maximum Gasteiger partial charge on any atom is 0.416 e. The van der Waals surface area contributed by atoms with Gasteiger partial charge >= 0.3 is 6.18 Å². The third kappa shape index (κ3) is 2.21. The van der Waals surface area contributed by atoms with Crippen LogP contribution in [-0.4, -0.2) is 17.6 Å². The number of halogens is 5. The van der Waals surface area contributed by atoms with Crippen LogP contribution >= 0.6 is 0 Å². The van der Waals surface area contributed by atoms with Crippen LogP contribution in [-0.2, 0) is 11.6 Å². The summed E-state index contributed by atoms with van der Waals surface area (Å²) in [6.45, 7) is -0.579. The summed E-state index contributed by atoms with van der Waals surface area (Å²) in [5.41, 5.74) is -2.01. The van der Waals surface area contributed by atoms with Crippen LogP contribution in [0.25, 0.3) is 0 Å². The summed E-state index contributed by atoms with van der Waals surface area (Å²) in [6.07, 6.45) is -5.74. The Morgan fingerprint density at radius 1 is 1.17 bits per heavy atom. The van der Waals surface area contributed by atoms with E-state index in [0.29, 0.717) is 0 Å². The molecule has 6 heteroatoms. The number of aliphatic hydroxyl groups excluding tert-OH is 1. The van der Waals surface area contributed by atoms with Crippen LogP contribution in [0.15, 0.2) is 24.3 Å². The molecular weight excluding hydrogens is 255 g/mol. The summed E-state index contributed by atoms with van der Waals surface area (Å²) in [7, 11) is 0. The summed E-state index contributed by atoms with van der Waals surface area (Å²) >= 11 is 0. The van der Waals surface area contributed by atoms with Crippen molar-refractivity contribution in [3.63, 3.8) is 0 Å². The second-order valence-electron chi connectivity index (χ2n) is 4.73. The maximum absolute atomic E-state index is 12.9. The number of alkyl halides is 5. The van der Waals surface area contributed by atoms with Gasteiger partial charge in [-0.3, -0.25) is 0 Å². The van der Waals surface area contributed by atoms with Crippen molar-refractivity contribution < 1.29 is 27.1 Å².